The second-order valence-corrected chi connectivity index (χ2v) is 4.90. The summed E-state index contributed by atoms with van der Waals surface area (Å²) in [6.45, 7) is 3.66. The normalized spacial score (nSPS) is 26.5. The number of hydrogen-bond donors (Lipinski definition) is 1. The van der Waals surface area contributed by atoms with Gasteiger partial charge in [0.15, 0.2) is 0 Å². The number of rotatable bonds is 5. The third-order valence-corrected chi connectivity index (χ3v) is 3.84. The van der Waals surface area contributed by atoms with Crippen molar-refractivity contribution in [2.24, 2.45) is 11.8 Å². The molecule has 0 radical (unpaired) electrons. The third-order valence-electron chi connectivity index (χ3n) is 3.84. The van der Waals surface area contributed by atoms with Crippen LogP contribution in [-0.4, -0.2) is 12.6 Å². The average molecular weight is 181 g/mol. The number of nitrogens with one attached hydrogen (secondary N) is 1. The summed E-state index contributed by atoms with van der Waals surface area (Å²) in [5.74, 6) is 2.03. The summed E-state index contributed by atoms with van der Waals surface area (Å²) in [6, 6.07) is 0.899. The minimum atomic E-state index is 0.899. The third kappa shape index (κ3) is 2.70. The zero-order valence-electron chi connectivity index (χ0n) is 8.89. The van der Waals surface area contributed by atoms with E-state index in [-0.39, 0.29) is 0 Å². The summed E-state index contributed by atoms with van der Waals surface area (Å²) in [5.41, 5.74) is 0. The lowest BCUT2D eigenvalue weighted by Gasteiger charge is -2.22. The van der Waals surface area contributed by atoms with Gasteiger partial charge in [0.25, 0.3) is 0 Å². The molecule has 0 amide bonds. The second kappa shape index (κ2) is 4.45. The molecule has 0 saturated heterocycles. The summed E-state index contributed by atoms with van der Waals surface area (Å²) in [6.07, 6.45) is 10.2. The predicted molar refractivity (Wildman–Crippen MR) is 56.8 cm³/mol. The zero-order chi connectivity index (χ0) is 9.10. The molecule has 0 aliphatic heterocycles. The smallest absolute Gasteiger partial charge is 0.00683 e. The maximum Gasteiger partial charge on any atom is 0.00683 e. The molecule has 1 nitrogen and oxygen atoms in total. The van der Waals surface area contributed by atoms with Crippen LogP contribution in [0.15, 0.2) is 0 Å². The van der Waals surface area contributed by atoms with Crippen LogP contribution >= 0.6 is 0 Å². The Bertz CT molecular complexity index is 145. The van der Waals surface area contributed by atoms with Crippen molar-refractivity contribution >= 4 is 0 Å². The van der Waals surface area contributed by atoms with Crippen molar-refractivity contribution in [3.63, 3.8) is 0 Å². The van der Waals surface area contributed by atoms with Gasteiger partial charge < -0.3 is 5.32 Å². The van der Waals surface area contributed by atoms with Crippen LogP contribution in [0.25, 0.3) is 0 Å². The quantitative estimate of drug-likeness (QED) is 0.687. The zero-order valence-corrected chi connectivity index (χ0v) is 8.89. The lowest BCUT2D eigenvalue weighted by molar-refractivity contribution is 0.313. The van der Waals surface area contributed by atoms with Crippen LogP contribution in [0.2, 0.25) is 0 Å². The van der Waals surface area contributed by atoms with E-state index in [1.54, 1.807) is 0 Å². The van der Waals surface area contributed by atoms with Gasteiger partial charge in [-0.15, -0.1) is 0 Å². The van der Waals surface area contributed by atoms with Gasteiger partial charge in [0.2, 0.25) is 0 Å². The van der Waals surface area contributed by atoms with Crippen molar-refractivity contribution in [1.29, 1.82) is 0 Å². The van der Waals surface area contributed by atoms with Gasteiger partial charge in [0.05, 0.1) is 0 Å². The molecule has 1 atom stereocenters. The SMILES string of the molecule is CCC(CNC1CC1)C1CCCC1. The van der Waals surface area contributed by atoms with E-state index in [2.05, 4.69) is 12.2 Å². The van der Waals surface area contributed by atoms with Gasteiger partial charge in [-0.2, -0.15) is 0 Å². The van der Waals surface area contributed by atoms with E-state index in [0.29, 0.717) is 0 Å². The van der Waals surface area contributed by atoms with Crippen LogP contribution in [0.1, 0.15) is 51.9 Å². The van der Waals surface area contributed by atoms with E-state index in [4.69, 9.17) is 0 Å². The molecule has 2 aliphatic carbocycles. The molecular weight excluding hydrogens is 158 g/mol. The summed E-state index contributed by atoms with van der Waals surface area (Å²) in [7, 11) is 0. The van der Waals surface area contributed by atoms with Gasteiger partial charge in [-0.05, 0) is 31.2 Å². The highest BCUT2D eigenvalue weighted by Crippen LogP contribution is 2.33. The minimum absolute atomic E-state index is 0.899. The van der Waals surface area contributed by atoms with Gasteiger partial charge in [-0.1, -0.05) is 39.0 Å². The highest BCUT2D eigenvalue weighted by Gasteiger charge is 2.26. The van der Waals surface area contributed by atoms with Crippen molar-refractivity contribution in [3.8, 4) is 0 Å². The largest absolute Gasteiger partial charge is 0.314 e. The van der Waals surface area contributed by atoms with Crippen molar-refractivity contribution in [2.75, 3.05) is 6.54 Å². The van der Waals surface area contributed by atoms with Gasteiger partial charge >= 0.3 is 0 Å². The molecule has 1 N–H and O–H groups in total. The Morgan fingerprint density at radius 2 is 1.85 bits per heavy atom. The van der Waals surface area contributed by atoms with E-state index in [0.717, 1.165) is 17.9 Å². The Morgan fingerprint density at radius 3 is 2.38 bits per heavy atom. The fraction of sp³-hybridized carbons (Fsp3) is 1.00. The molecule has 13 heavy (non-hydrogen) atoms. The van der Waals surface area contributed by atoms with Crippen molar-refractivity contribution < 1.29 is 0 Å². The average Bonchev–Trinajstić information content (AvgIpc) is 2.81. The molecule has 0 aromatic heterocycles. The first-order valence-corrected chi connectivity index (χ1v) is 6.13. The van der Waals surface area contributed by atoms with Gasteiger partial charge in [-0.25, -0.2) is 0 Å². The molecule has 1 unspecified atom stereocenters. The van der Waals surface area contributed by atoms with Crippen molar-refractivity contribution in [3.05, 3.63) is 0 Å². The van der Waals surface area contributed by atoms with Gasteiger partial charge in [-0.3, -0.25) is 0 Å². The van der Waals surface area contributed by atoms with Crippen LogP contribution in [0.3, 0.4) is 0 Å². The maximum absolute atomic E-state index is 3.68. The molecule has 0 bridgehead atoms. The molecular formula is C12H23N. The van der Waals surface area contributed by atoms with Crippen LogP contribution < -0.4 is 5.32 Å². The van der Waals surface area contributed by atoms with Gasteiger partial charge in [0.1, 0.15) is 0 Å². The van der Waals surface area contributed by atoms with Crippen LogP contribution in [0, 0.1) is 11.8 Å². The Morgan fingerprint density at radius 1 is 1.15 bits per heavy atom. The van der Waals surface area contributed by atoms with E-state index < -0.39 is 0 Å². The Hall–Kier alpha value is -0.0400. The molecule has 2 rings (SSSR count). The Labute approximate surface area is 82.3 Å². The van der Waals surface area contributed by atoms with E-state index in [1.807, 2.05) is 0 Å². The Kier molecular flexibility index (Phi) is 3.26. The first-order chi connectivity index (χ1) is 6.40. The van der Waals surface area contributed by atoms with E-state index in [1.165, 1.54) is 51.5 Å². The minimum Gasteiger partial charge on any atom is -0.314 e. The summed E-state index contributed by atoms with van der Waals surface area (Å²) >= 11 is 0. The molecule has 2 saturated carbocycles. The van der Waals surface area contributed by atoms with Gasteiger partial charge in [0, 0.05) is 6.04 Å². The Balaban J connectivity index is 1.70. The molecule has 0 heterocycles. The predicted octanol–water partition coefficient (Wildman–Crippen LogP) is 2.95. The lowest BCUT2D eigenvalue weighted by Crippen LogP contribution is -2.28. The topological polar surface area (TPSA) is 12.0 Å². The molecule has 76 valence electrons. The highest BCUT2D eigenvalue weighted by atomic mass is 14.9. The van der Waals surface area contributed by atoms with E-state index in [9.17, 15) is 0 Å². The molecule has 0 aromatic carbocycles. The second-order valence-electron chi connectivity index (χ2n) is 4.90. The molecule has 0 spiro atoms. The maximum atomic E-state index is 3.68. The number of hydrogen-bond acceptors (Lipinski definition) is 1. The van der Waals surface area contributed by atoms with Crippen LogP contribution in [0.4, 0.5) is 0 Å². The first-order valence-electron chi connectivity index (χ1n) is 6.13. The summed E-state index contributed by atoms with van der Waals surface area (Å²) in [4.78, 5) is 0. The first kappa shape index (κ1) is 9.51. The summed E-state index contributed by atoms with van der Waals surface area (Å²) < 4.78 is 0. The van der Waals surface area contributed by atoms with Crippen molar-refractivity contribution in [2.45, 2.75) is 57.9 Å². The van der Waals surface area contributed by atoms with Crippen LogP contribution in [0.5, 0.6) is 0 Å². The van der Waals surface area contributed by atoms with Crippen LogP contribution in [-0.2, 0) is 0 Å². The fourth-order valence-corrected chi connectivity index (χ4v) is 2.68. The standard InChI is InChI=1S/C12H23N/c1-2-10(9-13-12-7-8-12)11-5-3-4-6-11/h10-13H,2-9H2,1H3. The molecule has 2 aliphatic rings. The lowest BCUT2D eigenvalue weighted by atomic mass is 9.88. The summed E-state index contributed by atoms with van der Waals surface area (Å²) in [5, 5.41) is 3.68. The molecule has 0 aromatic rings. The monoisotopic (exact) mass is 181 g/mol. The molecule has 1 heteroatoms. The van der Waals surface area contributed by atoms with E-state index >= 15 is 0 Å². The highest BCUT2D eigenvalue weighted by molar-refractivity contribution is 4.84. The van der Waals surface area contributed by atoms with Crippen molar-refractivity contribution in [1.82, 2.24) is 5.32 Å². The fourth-order valence-electron chi connectivity index (χ4n) is 2.68. The molecule has 2 fully saturated rings.